The van der Waals surface area contributed by atoms with Crippen molar-refractivity contribution >= 4 is 58.9 Å². The van der Waals surface area contributed by atoms with Crippen LogP contribution in [0.25, 0.3) is 0 Å². The van der Waals surface area contributed by atoms with Gasteiger partial charge in [0.15, 0.2) is 11.2 Å². The predicted octanol–water partition coefficient (Wildman–Crippen LogP) is -9.40. The van der Waals surface area contributed by atoms with Crippen LogP contribution in [0.15, 0.2) is 0 Å². The number of hydrogen-bond donors (Lipinski definition) is 3. The van der Waals surface area contributed by atoms with Crippen LogP contribution >= 0.6 is 0 Å². The molecule has 0 aliphatic heterocycles. The van der Waals surface area contributed by atoms with Crippen molar-refractivity contribution in [3.8, 4) is 0 Å². The fourth-order valence-electron chi connectivity index (χ4n) is 1.74. The predicted molar refractivity (Wildman–Crippen MR) is 68.3 cm³/mol. The van der Waals surface area contributed by atoms with Gasteiger partial charge in [-0.25, -0.2) is 4.79 Å². The molecule has 0 radical (unpaired) electrons. The number of carbonyl (C=O) groups excluding carboxylic acids is 4. The van der Waals surface area contributed by atoms with Crippen LogP contribution in [0.1, 0.15) is 25.7 Å². The molecule has 0 bridgehead atoms. The van der Waals surface area contributed by atoms with E-state index in [1.54, 1.807) is 0 Å². The minimum atomic E-state index is -3.31. The fourth-order valence-corrected chi connectivity index (χ4v) is 1.74. The molecule has 0 saturated heterocycles. The first kappa shape index (κ1) is 30.3. The van der Waals surface area contributed by atoms with Gasteiger partial charge in [-0.1, -0.05) is 0 Å². The maximum Gasteiger partial charge on any atom is 2.00 e. The molecule has 140 valence electrons. The molecule has 0 aliphatic carbocycles. The SMILES string of the molecule is O=C([O-])CC(CC(=O)[O-])(OC(=O)CC(O)(CC(=O)O)C(=O)O)C(=O)[O-].[Mg+2].[Na+]. The first-order valence-electron chi connectivity index (χ1n) is 6.24. The molecule has 0 aromatic heterocycles. The van der Waals surface area contributed by atoms with Crippen molar-refractivity contribution in [3.63, 3.8) is 0 Å². The van der Waals surface area contributed by atoms with Crippen LogP contribution in [-0.2, 0) is 33.5 Å². The second-order valence-electron chi connectivity index (χ2n) is 4.94. The number of hydrogen-bond acceptors (Lipinski definition) is 11. The Labute approximate surface area is 188 Å². The summed E-state index contributed by atoms with van der Waals surface area (Å²) in [5.41, 5.74) is -6.53. The number of carboxylic acids is 5. The molecule has 0 spiro atoms. The third-order valence-electron chi connectivity index (χ3n) is 2.82. The molecule has 13 nitrogen and oxygen atoms in total. The molecule has 0 fully saturated rings. The Morgan fingerprint density at radius 1 is 0.815 bits per heavy atom. The molecule has 1 atom stereocenters. The second-order valence-corrected chi connectivity index (χ2v) is 4.94. The van der Waals surface area contributed by atoms with E-state index in [4.69, 9.17) is 10.2 Å². The topological polar surface area (TPSA) is 242 Å². The summed E-state index contributed by atoms with van der Waals surface area (Å²) in [5, 5.41) is 59.2. The zero-order valence-corrected chi connectivity index (χ0v) is 17.4. The average molecular weight is 411 g/mol. The average Bonchev–Trinajstić information content (AvgIpc) is 2.34. The van der Waals surface area contributed by atoms with E-state index in [9.17, 15) is 49.2 Å². The van der Waals surface area contributed by atoms with Crippen LogP contribution in [0.2, 0.25) is 0 Å². The van der Waals surface area contributed by atoms with Gasteiger partial charge in [0, 0.05) is 24.8 Å². The van der Waals surface area contributed by atoms with Gasteiger partial charge in [0.25, 0.3) is 0 Å². The third kappa shape index (κ3) is 9.88. The van der Waals surface area contributed by atoms with E-state index >= 15 is 0 Å². The maximum absolute atomic E-state index is 11.7. The van der Waals surface area contributed by atoms with Crippen molar-refractivity contribution in [1.29, 1.82) is 0 Å². The van der Waals surface area contributed by atoms with Crippen LogP contribution in [-0.4, -0.2) is 85.4 Å². The van der Waals surface area contributed by atoms with Gasteiger partial charge in [0.05, 0.1) is 18.8 Å². The molecule has 0 saturated carbocycles. The van der Waals surface area contributed by atoms with Crippen LogP contribution < -0.4 is 44.9 Å². The first-order chi connectivity index (χ1) is 11.2. The smallest absolute Gasteiger partial charge is 0.550 e. The Hall–Kier alpha value is -1.45. The quantitative estimate of drug-likeness (QED) is 0.212. The molecule has 0 rings (SSSR count). The van der Waals surface area contributed by atoms with E-state index in [1.807, 2.05) is 0 Å². The molecule has 27 heavy (non-hydrogen) atoms. The Balaban J connectivity index is -0.00000288. The van der Waals surface area contributed by atoms with Crippen molar-refractivity contribution in [2.45, 2.75) is 36.9 Å². The van der Waals surface area contributed by atoms with Gasteiger partial charge < -0.3 is 49.8 Å². The number of aliphatic carboxylic acids is 5. The van der Waals surface area contributed by atoms with E-state index in [0.717, 1.165) is 0 Å². The third-order valence-corrected chi connectivity index (χ3v) is 2.82. The minimum Gasteiger partial charge on any atom is -0.550 e. The number of ether oxygens (including phenoxy) is 1. The van der Waals surface area contributed by atoms with Gasteiger partial charge in [-0.3, -0.25) is 9.59 Å². The first-order valence-corrected chi connectivity index (χ1v) is 6.24. The monoisotopic (exact) mass is 410 g/mol. The summed E-state index contributed by atoms with van der Waals surface area (Å²) in [6.45, 7) is 0. The molecule has 0 heterocycles. The summed E-state index contributed by atoms with van der Waals surface area (Å²) >= 11 is 0. The molecular formula is C12H11MgNaO13. The molecule has 0 aromatic carbocycles. The molecular weight excluding hydrogens is 399 g/mol. The summed E-state index contributed by atoms with van der Waals surface area (Å²) in [6, 6.07) is 0. The zero-order chi connectivity index (χ0) is 20.0. The standard InChI is InChI=1S/C12H14O13.Mg.Na/c13-5(14)1-11(24,9(20)21)4-8(19)25-12(10(22)23,2-6(15)16)3-7(17)18;;/h24H,1-4H2,(H,13,14)(H,15,16)(H,17,18)(H,20,21)(H,22,23);;/q;+2;+1/p-3. The number of carboxylic acid groups (broad SMARTS) is 5. The van der Waals surface area contributed by atoms with Crippen LogP contribution in [0, 0.1) is 0 Å². The largest absolute Gasteiger partial charge is 2.00 e. The van der Waals surface area contributed by atoms with Gasteiger partial charge in [0.2, 0.25) is 0 Å². The normalized spacial score (nSPS) is 12.3. The fraction of sp³-hybridized carbons (Fsp3) is 0.500. The molecule has 0 aliphatic rings. The number of rotatable bonds is 11. The Kier molecular flexibility index (Phi) is 13.6. The Morgan fingerprint density at radius 3 is 1.48 bits per heavy atom. The zero-order valence-electron chi connectivity index (χ0n) is 14.0. The van der Waals surface area contributed by atoms with Crippen molar-refractivity contribution in [3.05, 3.63) is 0 Å². The van der Waals surface area contributed by atoms with E-state index in [1.165, 1.54) is 0 Å². The molecule has 0 amide bonds. The van der Waals surface area contributed by atoms with Crippen LogP contribution in [0.5, 0.6) is 0 Å². The summed E-state index contributed by atoms with van der Waals surface area (Å²) in [7, 11) is 0. The van der Waals surface area contributed by atoms with Crippen LogP contribution in [0.4, 0.5) is 0 Å². The second kappa shape index (κ2) is 12.1. The Morgan fingerprint density at radius 2 is 1.22 bits per heavy atom. The van der Waals surface area contributed by atoms with Gasteiger partial charge in [-0.2, -0.15) is 0 Å². The molecule has 0 aromatic rings. The molecule has 15 heteroatoms. The summed E-state index contributed by atoms with van der Waals surface area (Å²) < 4.78 is 4.19. The number of aliphatic hydroxyl groups is 1. The van der Waals surface area contributed by atoms with Crippen molar-refractivity contribution < 1.29 is 93.7 Å². The van der Waals surface area contributed by atoms with E-state index in [2.05, 4.69) is 4.74 Å². The van der Waals surface area contributed by atoms with E-state index < -0.39 is 72.7 Å². The summed E-state index contributed by atoms with van der Waals surface area (Å²) in [5.74, 6) is -12.7. The van der Waals surface area contributed by atoms with Crippen molar-refractivity contribution in [2.24, 2.45) is 0 Å². The van der Waals surface area contributed by atoms with E-state index in [0.29, 0.717) is 0 Å². The number of carbonyl (C=O) groups is 6. The molecule has 1 unspecified atom stereocenters. The summed E-state index contributed by atoms with van der Waals surface area (Å²) in [6.07, 6.45) is -6.47. The van der Waals surface area contributed by atoms with Gasteiger partial charge in [0.1, 0.15) is 0 Å². The number of esters is 1. The Bertz CT molecular complexity index is 602. The van der Waals surface area contributed by atoms with Gasteiger partial charge in [-0.05, 0) is 0 Å². The van der Waals surface area contributed by atoms with Gasteiger partial charge in [-0.15, -0.1) is 0 Å². The molecule has 3 N–H and O–H groups in total. The maximum atomic E-state index is 11.7. The minimum absolute atomic E-state index is 0. The van der Waals surface area contributed by atoms with Gasteiger partial charge >= 0.3 is 70.5 Å². The van der Waals surface area contributed by atoms with Crippen LogP contribution in [0.3, 0.4) is 0 Å². The van der Waals surface area contributed by atoms with E-state index in [-0.39, 0.29) is 52.6 Å². The van der Waals surface area contributed by atoms with Crippen molar-refractivity contribution in [1.82, 2.24) is 0 Å². The summed E-state index contributed by atoms with van der Waals surface area (Å²) in [4.78, 5) is 65.3. The van der Waals surface area contributed by atoms with Crippen molar-refractivity contribution in [2.75, 3.05) is 0 Å².